The molecule has 0 amide bonds. The molecule has 126 valence electrons. The summed E-state index contributed by atoms with van der Waals surface area (Å²) in [5.74, 6) is -0.844. The molecule has 3 rings (SSSR count). The average Bonchev–Trinajstić information content (AvgIpc) is 2.61. The topological polar surface area (TPSA) is 72.8 Å². The molecule has 0 saturated carbocycles. The Labute approximate surface area is 151 Å². The van der Waals surface area contributed by atoms with Crippen LogP contribution in [0.25, 0.3) is 10.8 Å². The predicted octanol–water partition coefficient (Wildman–Crippen LogP) is 4.28. The fourth-order valence-corrected chi connectivity index (χ4v) is 2.73. The molecule has 0 atom stereocenters. The summed E-state index contributed by atoms with van der Waals surface area (Å²) < 4.78 is 11.0. The minimum Gasteiger partial charge on any atom is -0.482 e. The van der Waals surface area contributed by atoms with Crippen LogP contribution >= 0.6 is 15.9 Å². The lowest BCUT2D eigenvalue weighted by molar-refractivity contribution is -0.136. The van der Waals surface area contributed by atoms with Crippen molar-refractivity contribution in [2.24, 2.45) is 0 Å². The first-order valence-corrected chi connectivity index (χ1v) is 8.17. The molecule has 3 aromatic rings. The standard InChI is InChI=1S/C19H13BrO5/c20-16-10-14(19(22)23)6-8-17(16)25-18(21)11-24-15-7-5-12-3-1-2-4-13(12)9-15/h1-10H,11H2,(H,22,23). The lowest BCUT2D eigenvalue weighted by Crippen LogP contribution is -2.18. The van der Waals surface area contributed by atoms with Gasteiger partial charge in [-0.05, 0) is 57.0 Å². The van der Waals surface area contributed by atoms with Gasteiger partial charge in [0.25, 0.3) is 0 Å². The molecule has 5 nitrogen and oxygen atoms in total. The second kappa shape index (κ2) is 7.36. The van der Waals surface area contributed by atoms with Crippen molar-refractivity contribution in [3.63, 3.8) is 0 Å². The van der Waals surface area contributed by atoms with Crippen molar-refractivity contribution in [3.8, 4) is 11.5 Å². The number of esters is 1. The number of aromatic carboxylic acids is 1. The second-order valence-corrected chi connectivity index (χ2v) is 6.08. The van der Waals surface area contributed by atoms with Crippen LogP contribution < -0.4 is 9.47 Å². The summed E-state index contributed by atoms with van der Waals surface area (Å²) in [7, 11) is 0. The van der Waals surface area contributed by atoms with Gasteiger partial charge in [-0.25, -0.2) is 9.59 Å². The van der Waals surface area contributed by atoms with Gasteiger partial charge in [0.05, 0.1) is 10.0 Å². The molecule has 0 bridgehead atoms. The Kier molecular flexibility index (Phi) is 5.00. The lowest BCUT2D eigenvalue weighted by atomic mass is 10.1. The number of rotatable bonds is 5. The van der Waals surface area contributed by atoms with E-state index < -0.39 is 11.9 Å². The van der Waals surface area contributed by atoms with Gasteiger partial charge < -0.3 is 14.6 Å². The number of carbonyl (C=O) groups excluding carboxylic acids is 1. The van der Waals surface area contributed by atoms with Crippen molar-refractivity contribution in [1.82, 2.24) is 0 Å². The highest BCUT2D eigenvalue weighted by atomic mass is 79.9. The van der Waals surface area contributed by atoms with E-state index in [4.69, 9.17) is 14.6 Å². The zero-order valence-electron chi connectivity index (χ0n) is 12.9. The summed E-state index contributed by atoms with van der Waals surface area (Å²) in [6.07, 6.45) is 0. The minimum atomic E-state index is -1.06. The fourth-order valence-electron chi connectivity index (χ4n) is 2.27. The van der Waals surface area contributed by atoms with E-state index in [-0.39, 0.29) is 17.9 Å². The molecule has 0 aliphatic carbocycles. The maximum Gasteiger partial charge on any atom is 0.349 e. The van der Waals surface area contributed by atoms with Gasteiger partial charge in [-0.3, -0.25) is 0 Å². The monoisotopic (exact) mass is 400 g/mol. The number of carbonyl (C=O) groups is 2. The van der Waals surface area contributed by atoms with Crippen LogP contribution in [0.5, 0.6) is 11.5 Å². The number of carboxylic acids is 1. The van der Waals surface area contributed by atoms with Crippen molar-refractivity contribution in [2.75, 3.05) is 6.61 Å². The Morgan fingerprint density at radius 2 is 1.72 bits per heavy atom. The number of carboxylic acid groups (broad SMARTS) is 1. The molecule has 0 aromatic heterocycles. The smallest absolute Gasteiger partial charge is 0.349 e. The highest BCUT2D eigenvalue weighted by molar-refractivity contribution is 9.10. The largest absolute Gasteiger partial charge is 0.482 e. The Hall–Kier alpha value is -2.86. The number of benzene rings is 3. The summed E-state index contributed by atoms with van der Waals surface area (Å²) in [5, 5.41) is 11.0. The first-order valence-electron chi connectivity index (χ1n) is 7.38. The van der Waals surface area contributed by atoms with Gasteiger partial charge in [0.15, 0.2) is 6.61 Å². The molecule has 0 aliphatic rings. The van der Waals surface area contributed by atoms with Crippen LogP contribution in [-0.4, -0.2) is 23.7 Å². The highest BCUT2D eigenvalue weighted by Gasteiger charge is 2.12. The van der Waals surface area contributed by atoms with Gasteiger partial charge in [-0.2, -0.15) is 0 Å². The minimum absolute atomic E-state index is 0.0964. The Balaban J connectivity index is 1.63. The SMILES string of the molecule is O=C(COc1ccc2ccccc2c1)Oc1ccc(C(=O)O)cc1Br. The second-order valence-electron chi connectivity index (χ2n) is 5.22. The third-order valence-electron chi connectivity index (χ3n) is 3.48. The van der Waals surface area contributed by atoms with Crippen LogP contribution in [0.1, 0.15) is 10.4 Å². The molecule has 0 saturated heterocycles. The number of hydrogen-bond donors (Lipinski definition) is 1. The summed E-state index contributed by atoms with van der Waals surface area (Å²) in [6.45, 7) is -0.258. The number of fused-ring (bicyclic) bond motifs is 1. The van der Waals surface area contributed by atoms with Crippen LogP contribution in [-0.2, 0) is 4.79 Å². The molecule has 3 aromatic carbocycles. The third-order valence-corrected chi connectivity index (χ3v) is 4.10. The summed E-state index contributed by atoms with van der Waals surface area (Å²) in [5.41, 5.74) is 0.0964. The van der Waals surface area contributed by atoms with Gasteiger partial charge in [0, 0.05) is 0 Å². The molecule has 0 fully saturated rings. The molecular weight excluding hydrogens is 388 g/mol. The molecule has 0 unspecified atom stereocenters. The zero-order chi connectivity index (χ0) is 17.8. The predicted molar refractivity (Wildman–Crippen MR) is 96.2 cm³/mol. The van der Waals surface area contributed by atoms with Gasteiger partial charge in [0.1, 0.15) is 11.5 Å². The first kappa shape index (κ1) is 17.0. The number of halogens is 1. The maximum absolute atomic E-state index is 11.9. The molecule has 6 heteroatoms. The summed E-state index contributed by atoms with van der Waals surface area (Å²) >= 11 is 3.19. The molecule has 0 spiro atoms. The molecular formula is C19H13BrO5. The van der Waals surface area contributed by atoms with Gasteiger partial charge in [-0.1, -0.05) is 30.3 Å². The van der Waals surface area contributed by atoms with Gasteiger partial charge in [-0.15, -0.1) is 0 Å². The van der Waals surface area contributed by atoms with Crippen molar-refractivity contribution in [3.05, 3.63) is 70.7 Å². The number of ether oxygens (including phenoxy) is 2. The quantitative estimate of drug-likeness (QED) is 0.510. The molecule has 1 N–H and O–H groups in total. The van der Waals surface area contributed by atoms with Crippen LogP contribution in [0.15, 0.2) is 65.1 Å². The van der Waals surface area contributed by atoms with Crippen LogP contribution in [0.4, 0.5) is 0 Å². The van der Waals surface area contributed by atoms with E-state index in [2.05, 4.69) is 15.9 Å². The van der Waals surface area contributed by atoms with Crippen molar-refractivity contribution >= 4 is 38.6 Å². The van der Waals surface area contributed by atoms with E-state index in [1.54, 1.807) is 6.07 Å². The highest BCUT2D eigenvalue weighted by Crippen LogP contribution is 2.26. The molecule has 0 heterocycles. The summed E-state index contributed by atoms with van der Waals surface area (Å²) in [4.78, 5) is 22.8. The Morgan fingerprint density at radius 3 is 2.44 bits per heavy atom. The van der Waals surface area contributed by atoms with Crippen molar-refractivity contribution in [2.45, 2.75) is 0 Å². The summed E-state index contributed by atoms with van der Waals surface area (Å²) in [6, 6.07) is 17.5. The van der Waals surface area contributed by atoms with Gasteiger partial charge >= 0.3 is 11.9 Å². The average molecular weight is 401 g/mol. The van der Waals surface area contributed by atoms with Crippen LogP contribution in [0.3, 0.4) is 0 Å². The van der Waals surface area contributed by atoms with Crippen LogP contribution in [0, 0.1) is 0 Å². The van der Waals surface area contributed by atoms with E-state index >= 15 is 0 Å². The molecule has 0 aliphatic heterocycles. The third kappa shape index (κ3) is 4.16. The maximum atomic E-state index is 11.9. The fraction of sp³-hybridized carbons (Fsp3) is 0.0526. The van der Waals surface area contributed by atoms with Crippen molar-refractivity contribution < 1.29 is 24.2 Å². The number of hydrogen-bond acceptors (Lipinski definition) is 4. The Bertz CT molecular complexity index is 951. The van der Waals surface area contributed by atoms with E-state index in [0.717, 1.165) is 10.8 Å². The Morgan fingerprint density at radius 1 is 0.960 bits per heavy atom. The zero-order valence-corrected chi connectivity index (χ0v) is 14.5. The normalized spacial score (nSPS) is 10.4. The van der Waals surface area contributed by atoms with E-state index in [1.807, 2.05) is 36.4 Å². The van der Waals surface area contributed by atoms with E-state index in [1.165, 1.54) is 18.2 Å². The van der Waals surface area contributed by atoms with Crippen molar-refractivity contribution in [1.29, 1.82) is 0 Å². The van der Waals surface area contributed by atoms with E-state index in [9.17, 15) is 9.59 Å². The lowest BCUT2D eigenvalue weighted by Gasteiger charge is -2.09. The first-order chi connectivity index (χ1) is 12.0. The molecule has 0 radical (unpaired) electrons. The molecule has 25 heavy (non-hydrogen) atoms. The van der Waals surface area contributed by atoms with Crippen LogP contribution in [0.2, 0.25) is 0 Å². The van der Waals surface area contributed by atoms with E-state index in [0.29, 0.717) is 10.2 Å². The van der Waals surface area contributed by atoms with Gasteiger partial charge in [0.2, 0.25) is 0 Å².